The number of nitrogens with one attached hydrogen (secondary N) is 2. The largest absolute Gasteiger partial charge is 0.478 e. The van der Waals surface area contributed by atoms with Crippen molar-refractivity contribution < 1.29 is 14.7 Å². The Balaban J connectivity index is 1.98. The summed E-state index contributed by atoms with van der Waals surface area (Å²) >= 11 is 0. The van der Waals surface area contributed by atoms with Gasteiger partial charge in [-0.25, -0.2) is 9.59 Å². The quantitative estimate of drug-likeness (QED) is 0.791. The van der Waals surface area contributed by atoms with E-state index >= 15 is 0 Å². The van der Waals surface area contributed by atoms with Crippen LogP contribution in [-0.4, -0.2) is 28.1 Å². The predicted octanol–water partition coefficient (Wildman–Crippen LogP) is 2.48. The standard InChI is InChI=1S/C14H19N3O3/c1-14(2)5-3-4-11(14)17-13(20)16-10-6-9(12(18)19)7-15-8-10/h6-8,11H,3-5H2,1-2H3,(H,18,19)(H2,16,17,20). The van der Waals surface area contributed by atoms with Crippen molar-refractivity contribution in [3.05, 3.63) is 24.0 Å². The number of amides is 2. The molecule has 1 saturated carbocycles. The molecule has 1 fully saturated rings. The number of carboxylic acid groups (broad SMARTS) is 1. The first kappa shape index (κ1) is 14.3. The van der Waals surface area contributed by atoms with Gasteiger partial charge in [0.2, 0.25) is 0 Å². The minimum atomic E-state index is -1.07. The van der Waals surface area contributed by atoms with Crippen LogP contribution in [-0.2, 0) is 0 Å². The van der Waals surface area contributed by atoms with E-state index in [0.29, 0.717) is 5.69 Å². The third-order valence-corrected chi connectivity index (χ3v) is 3.81. The summed E-state index contributed by atoms with van der Waals surface area (Å²) < 4.78 is 0. The summed E-state index contributed by atoms with van der Waals surface area (Å²) in [4.78, 5) is 26.6. The molecule has 1 aliphatic carbocycles. The highest BCUT2D eigenvalue weighted by atomic mass is 16.4. The number of aromatic carboxylic acids is 1. The van der Waals surface area contributed by atoms with Crippen molar-refractivity contribution >= 4 is 17.7 Å². The fraction of sp³-hybridized carbons (Fsp3) is 0.500. The first-order chi connectivity index (χ1) is 9.38. The van der Waals surface area contributed by atoms with Crippen molar-refractivity contribution in [3.63, 3.8) is 0 Å². The molecule has 2 rings (SSSR count). The van der Waals surface area contributed by atoms with Gasteiger partial charge in [0.05, 0.1) is 17.4 Å². The van der Waals surface area contributed by atoms with E-state index < -0.39 is 5.97 Å². The maximum Gasteiger partial charge on any atom is 0.337 e. The minimum Gasteiger partial charge on any atom is -0.478 e. The summed E-state index contributed by atoms with van der Waals surface area (Å²) in [5, 5.41) is 14.4. The van der Waals surface area contributed by atoms with Gasteiger partial charge in [-0.3, -0.25) is 4.98 Å². The third kappa shape index (κ3) is 3.26. The zero-order valence-electron chi connectivity index (χ0n) is 11.6. The van der Waals surface area contributed by atoms with Crippen LogP contribution >= 0.6 is 0 Å². The van der Waals surface area contributed by atoms with Crippen molar-refractivity contribution in [2.24, 2.45) is 5.41 Å². The number of urea groups is 1. The normalized spacial score (nSPS) is 20.4. The summed E-state index contributed by atoms with van der Waals surface area (Å²) in [7, 11) is 0. The molecule has 0 aliphatic heterocycles. The zero-order chi connectivity index (χ0) is 14.8. The number of aromatic nitrogens is 1. The molecule has 1 aromatic rings. The second-order valence-corrected chi connectivity index (χ2v) is 5.80. The molecule has 0 spiro atoms. The molecule has 1 aliphatic rings. The Kier molecular flexibility index (Phi) is 3.92. The number of pyridine rings is 1. The average molecular weight is 277 g/mol. The van der Waals surface area contributed by atoms with E-state index in [1.165, 1.54) is 18.5 Å². The molecule has 6 heteroatoms. The highest BCUT2D eigenvalue weighted by Crippen LogP contribution is 2.37. The summed E-state index contributed by atoms with van der Waals surface area (Å²) in [5.41, 5.74) is 0.514. The number of carboxylic acids is 1. The van der Waals surface area contributed by atoms with Gasteiger partial charge in [0, 0.05) is 12.2 Å². The van der Waals surface area contributed by atoms with E-state index in [9.17, 15) is 9.59 Å². The average Bonchev–Trinajstić information content (AvgIpc) is 2.69. The van der Waals surface area contributed by atoms with Crippen LogP contribution in [0.25, 0.3) is 0 Å². The molecule has 6 nitrogen and oxygen atoms in total. The topological polar surface area (TPSA) is 91.3 Å². The Morgan fingerprint density at radius 3 is 2.75 bits per heavy atom. The second-order valence-electron chi connectivity index (χ2n) is 5.80. The molecule has 1 heterocycles. The molecule has 20 heavy (non-hydrogen) atoms. The van der Waals surface area contributed by atoms with E-state index in [2.05, 4.69) is 29.5 Å². The van der Waals surface area contributed by atoms with Gasteiger partial charge in [-0.15, -0.1) is 0 Å². The molecule has 0 bridgehead atoms. The summed E-state index contributed by atoms with van der Waals surface area (Å²) in [6.45, 7) is 4.27. The molecular formula is C14H19N3O3. The Bertz CT molecular complexity index is 528. The number of nitrogens with zero attached hydrogens (tertiary/aromatic N) is 1. The van der Waals surface area contributed by atoms with Crippen LogP contribution in [0.5, 0.6) is 0 Å². The van der Waals surface area contributed by atoms with Crippen LogP contribution < -0.4 is 10.6 Å². The number of rotatable bonds is 3. The smallest absolute Gasteiger partial charge is 0.337 e. The molecule has 3 N–H and O–H groups in total. The molecule has 0 saturated heterocycles. The molecular weight excluding hydrogens is 258 g/mol. The molecule has 0 aromatic carbocycles. The van der Waals surface area contributed by atoms with Gasteiger partial charge in [0.15, 0.2) is 0 Å². The van der Waals surface area contributed by atoms with Crippen molar-refractivity contribution in [1.29, 1.82) is 0 Å². The van der Waals surface area contributed by atoms with Gasteiger partial charge < -0.3 is 15.7 Å². The Morgan fingerprint density at radius 2 is 2.15 bits per heavy atom. The molecule has 0 radical (unpaired) electrons. The Morgan fingerprint density at radius 1 is 1.40 bits per heavy atom. The lowest BCUT2D eigenvalue weighted by molar-refractivity contribution is 0.0696. The van der Waals surface area contributed by atoms with Crippen LogP contribution in [0.3, 0.4) is 0 Å². The Labute approximate surface area is 117 Å². The van der Waals surface area contributed by atoms with Gasteiger partial charge >= 0.3 is 12.0 Å². The van der Waals surface area contributed by atoms with E-state index in [0.717, 1.165) is 19.3 Å². The summed E-state index contributed by atoms with van der Waals surface area (Å²) in [5.74, 6) is -1.07. The number of carbonyl (C=O) groups excluding carboxylic acids is 1. The van der Waals surface area contributed by atoms with Crippen LogP contribution in [0.2, 0.25) is 0 Å². The van der Waals surface area contributed by atoms with Gasteiger partial charge in [0.1, 0.15) is 0 Å². The molecule has 1 aromatic heterocycles. The van der Waals surface area contributed by atoms with E-state index in [-0.39, 0.29) is 23.1 Å². The molecule has 108 valence electrons. The minimum absolute atomic E-state index is 0.0454. The van der Waals surface area contributed by atoms with E-state index in [4.69, 9.17) is 5.11 Å². The number of hydrogen-bond donors (Lipinski definition) is 3. The highest BCUT2D eigenvalue weighted by Gasteiger charge is 2.35. The SMILES string of the molecule is CC1(C)CCCC1NC(=O)Nc1cncc(C(=O)O)c1. The zero-order valence-corrected chi connectivity index (χ0v) is 11.6. The van der Waals surface area contributed by atoms with Crippen molar-refractivity contribution in [2.45, 2.75) is 39.2 Å². The van der Waals surface area contributed by atoms with Crippen molar-refractivity contribution in [3.8, 4) is 0 Å². The summed E-state index contributed by atoms with van der Waals surface area (Å²) in [6, 6.07) is 1.20. The lowest BCUT2D eigenvalue weighted by Gasteiger charge is -2.27. The number of hydrogen-bond acceptors (Lipinski definition) is 3. The maximum atomic E-state index is 11.9. The monoisotopic (exact) mass is 277 g/mol. The molecule has 1 unspecified atom stereocenters. The number of anilines is 1. The van der Waals surface area contributed by atoms with Gasteiger partial charge in [-0.05, 0) is 24.3 Å². The Hall–Kier alpha value is -2.11. The maximum absolute atomic E-state index is 11.9. The van der Waals surface area contributed by atoms with Crippen LogP contribution in [0.4, 0.5) is 10.5 Å². The second kappa shape index (κ2) is 5.48. The molecule has 1 atom stereocenters. The van der Waals surface area contributed by atoms with Gasteiger partial charge in [-0.2, -0.15) is 0 Å². The first-order valence-electron chi connectivity index (χ1n) is 6.64. The predicted molar refractivity (Wildman–Crippen MR) is 74.8 cm³/mol. The van der Waals surface area contributed by atoms with Crippen LogP contribution in [0, 0.1) is 5.41 Å². The van der Waals surface area contributed by atoms with Crippen molar-refractivity contribution in [1.82, 2.24) is 10.3 Å². The number of carbonyl (C=O) groups is 2. The van der Waals surface area contributed by atoms with Crippen molar-refractivity contribution in [2.75, 3.05) is 5.32 Å². The lowest BCUT2D eigenvalue weighted by atomic mass is 9.87. The van der Waals surface area contributed by atoms with Gasteiger partial charge in [-0.1, -0.05) is 20.3 Å². The first-order valence-corrected chi connectivity index (χ1v) is 6.64. The van der Waals surface area contributed by atoms with Gasteiger partial charge in [0.25, 0.3) is 0 Å². The summed E-state index contributed by atoms with van der Waals surface area (Å²) in [6.07, 6.45) is 5.83. The molecule has 2 amide bonds. The van der Waals surface area contributed by atoms with Crippen LogP contribution in [0.15, 0.2) is 18.5 Å². The third-order valence-electron chi connectivity index (χ3n) is 3.81. The fourth-order valence-electron chi connectivity index (χ4n) is 2.54. The highest BCUT2D eigenvalue weighted by molar-refractivity contribution is 5.92. The lowest BCUT2D eigenvalue weighted by Crippen LogP contribution is -2.43. The van der Waals surface area contributed by atoms with Crippen LogP contribution in [0.1, 0.15) is 43.5 Å². The van der Waals surface area contributed by atoms with E-state index in [1.54, 1.807) is 0 Å². The fourth-order valence-corrected chi connectivity index (χ4v) is 2.54. The van der Waals surface area contributed by atoms with E-state index in [1.807, 2.05) is 0 Å².